The first kappa shape index (κ1) is 10.3. The van der Waals surface area contributed by atoms with E-state index >= 15 is 0 Å². The summed E-state index contributed by atoms with van der Waals surface area (Å²) in [5, 5.41) is 3.18. The molecule has 4 heteroatoms. The highest BCUT2D eigenvalue weighted by Gasteiger charge is 2.56. The third-order valence-corrected chi connectivity index (χ3v) is 3.27. The number of ether oxygens (including phenoxy) is 1. The topological polar surface area (TPSA) is 21.3 Å². The molecule has 2 aliphatic rings. The summed E-state index contributed by atoms with van der Waals surface area (Å²) in [7, 11) is 0. The van der Waals surface area contributed by atoms with E-state index in [0.29, 0.717) is 19.8 Å². The zero-order valence-electron chi connectivity index (χ0n) is 8.65. The first-order valence-corrected chi connectivity index (χ1v) is 5.11. The van der Waals surface area contributed by atoms with Crippen molar-refractivity contribution in [1.82, 2.24) is 5.32 Å². The van der Waals surface area contributed by atoms with Gasteiger partial charge in [-0.2, -0.15) is 0 Å². The van der Waals surface area contributed by atoms with E-state index in [1.165, 1.54) is 0 Å². The normalized spacial score (nSPS) is 38.6. The van der Waals surface area contributed by atoms with Gasteiger partial charge in [0, 0.05) is 30.3 Å². The molecular weight excluding hydrogens is 188 g/mol. The molecule has 0 spiro atoms. The number of hydrogen-bond acceptors (Lipinski definition) is 2. The van der Waals surface area contributed by atoms with Gasteiger partial charge < -0.3 is 10.1 Å². The van der Waals surface area contributed by atoms with Crippen LogP contribution >= 0.6 is 0 Å². The molecule has 2 fully saturated rings. The second-order valence-electron chi connectivity index (χ2n) is 5.13. The van der Waals surface area contributed by atoms with Crippen LogP contribution < -0.4 is 5.32 Å². The third-order valence-electron chi connectivity index (χ3n) is 3.27. The summed E-state index contributed by atoms with van der Waals surface area (Å²) in [6.07, 6.45) is 0.0496. The molecule has 0 amide bonds. The average molecular weight is 205 g/mol. The van der Waals surface area contributed by atoms with Crippen LogP contribution in [0, 0.1) is 11.3 Å². The molecule has 2 atom stereocenters. The van der Waals surface area contributed by atoms with Crippen molar-refractivity contribution in [2.45, 2.75) is 32.2 Å². The van der Waals surface area contributed by atoms with E-state index in [1.54, 1.807) is 0 Å². The Bertz CT molecular complexity index is 230. The molecule has 2 nitrogen and oxygen atoms in total. The van der Waals surface area contributed by atoms with Crippen LogP contribution in [0.3, 0.4) is 0 Å². The predicted octanol–water partition coefficient (Wildman–Crippen LogP) is 1.66. The van der Waals surface area contributed by atoms with Crippen molar-refractivity contribution in [3.05, 3.63) is 0 Å². The molecule has 1 aliphatic carbocycles. The highest BCUT2D eigenvalue weighted by molar-refractivity contribution is 4.98. The van der Waals surface area contributed by atoms with Gasteiger partial charge in [-0.25, -0.2) is 8.78 Å². The number of rotatable bonds is 3. The summed E-state index contributed by atoms with van der Waals surface area (Å²) in [5.41, 5.74) is 0.0736. The maximum absolute atomic E-state index is 12.6. The van der Waals surface area contributed by atoms with Crippen molar-refractivity contribution in [1.29, 1.82) is 0 Å². The van der Waals surface area contributed by atoms with Gasteiger partial charge in [0.25, 0.3) is 5.92 Å². The van der Waals surface area contributed by atoms with Crippen molar-refractivity contribution in [3.63, 3.8) is 0 Å². The van der Waals surface area contributed by atoms with Gasteiger partial charge in [-0.15, -0.1) is 0 Å². The second kappa shape index (κ2) is 3.14. The fourth-order valence-corrected chi connectivity index (χ4v) is 1.88. The van der Waals surface area contributed by atoms with Crippen molar-refractivity contribution in [2.24, 2.45) is 11.3 Å². The maximum atomic E-state index is 12.6. The van der Waals surface area contributed by atoms with Crippen LogP contribution in [0.4, 0.5) is 8.78 Å². The van der Waals surface area contributed by atoms with Crippen LogP contribution in [0.2, 0.25) is 0 Å². The first-order chi connectivity index (χ1) is 6.42. The van der Waals surface area contributed by atoms with Crippen molar-refractivity contribution < 1.29 is 13.5 Å². The Hall–Kier alpha value is -0.220. The Kier molecular flexibility index (Phi) is 2.31. The minimum Gasteiger partial charge on any atom is -0.379 e. The molecule has 14 heavy (non-hydrogen) atoms. The molecule has 2 rings (SSSR count). The molecule has 1 saturated carbocycles. The molecule has 1 N–H and O–H groups in total. The van der Waals surface area contributed by atoms with Crippen LogP contribution in [0.1, 0.15) is 20.3 Å². The lowest BCUT2D eigenvalue weighted by molar-refractivity contribution is 0.0970. The lowest BCUT2D eigenvalue weighted by atomic mass is 9.88. The number of nitrogens with one attached hydrogen (secondary N) is 1. The van der Waals surface area contributed by atoms with Crippen LogP contribution in [0.15, 0.2) is 0 Å². The SMILES string of the molecule is CC1(C)COCC1NCC1CC1(F)F. The zero-order valence-corrected chi connectivity index (χ0v) is 8.65. The number of hydrogen-bond donors (Lipinski definition) is 1. The Morgan fingerprint density at radius 2 is 2.07 bits per heavy atom. The fraction of sp³-hybridized carbons (Fsp3) is 1.00. The summed E-state index contributed by atoms with van der Waals surface area (Å²) in [4.78, 5) is 0. The van der Waals surface area contributed by atoms with Gasteiger partial charge in [0.1, 0.15) is 0 Å². The molecule has 0 aromatic carbocycles. The molecular formula is C10H17F2NO. The standard InChI is InChI=1S/C10H17F2NO/c1-9(2)6-14-5-8(9)13-4-7-3-10(7,11)12/h7-8,13H,3-6H2,1-2H3. The molecule has 1 heterocycles. The lowest BCUT2D eigenvalue weighted by Gasteiger charge is -2.25. The van der Waals surface area contributed by atoms with Gasteiger partial charge in [0.15, 0.2) is 0 Å². The van der Waals surface area contributed by atoms with Gasteiger partial charge in [-0.1, -0.05) is 13.8 Å². The van der Waals surface area contributed by atoms with E-state index < -0.39 is 11.8 Å². The van der Waals surface area contributed by atoms with E-state index in [9.17, 15) is 8.78 Å². The Morgan fingerprint density at radius 3 is 2.50 bits per heavy atom. The largest absolute Gasteiger partial charge is 0.379 e. The smallest absolute Gasteiger partial charge is 0.252 e. The average Bonchev–Trinajstić information content (AvgIpc) is 2.49. The monoisotopic (exact) mass is 205 g/mol. The summed E-state index contributed by atoms with van der Waals surface area (Å²) in [5.74, 6) is -2.85. The van der Waals surface area contributed by atoms with Crippen molar-refractivity contribution >= 4 is 0 Å². The van der Waals surface area contributed by atoms with E-state index in [1.807, 2.05) is 0 Å². The summed E-state index contributed by atoms with van der Waals surface area (Å²) < 4.78 is 30.5. The number of alkyl halides is 2. The van der Waals surface area contributed by atoms with Gasteiger partial charge in [0.2, 0.25) is 0 Å². The summed E-state index contributed by atoms with van der Waals surface area (Å²) in [6.45, 7) is 5.98. The van der Waals surface area contributed by atoms with Gasteiger partial charge >= 0.3 is 0 Å². The molecule has 0 aromatic rings. The van der Waals surface area contributed by atoms with E-state index in [-0.39, 0.29) is 17.9 Å². The highest BCUT2D eigenvalue weighted by atomic mass is 19.3. The second-order valence-corrected chi connectivity index (χ2v) is 5.13. The molecule has 2 unspecified atom stereocenters. The molecule has 0 radical (unpaired) electrons. The maximum Gasteiger partial charge on any atom is 0.252 e. The molecule has 0 bridgehead atoms. The van der Waals surface area contributed by atoms with Crippen LogP contribution in [0.5, 0.6) is 0 Å². The van der Waals surface area contributed by atoms with Crippen molar-refractivity contribution in [3.8, 4) is 0 Å². The van der Waals surface area contributed by atoms with E-state index in [0.717, 1.165) is 0 Å². The fourth-order valence-electron chi connectivity index (χ4n) is 1.88. The quantitative estimate of drug-likeness (QED) is 0.756. The van der Waals surface area contributed by atoms with E-state index in [2.05, 4.69) is 19.2 Å². The molecule has 1 saturated heterocycles. The minimum atomic E-state index is -2.41. The van der Waals surface area contributed by atoms with Crippen LogP contribution in [0.25, 0.3) is 0 Å². The highest BCUT2D eigenvalue weighted by Crippen LogP contribution is 2.48. The Balaban J connectivity index is 1.76. The number of halogens is 2. The third kappa shape index (κ3) is 1.91. The molecule has 0 aromatic heterocycles. The van der Waals surface area contributed by atoms with Crippen molar-refractivity contribution in [2.75, 3.05) is 19.8 Å². The zero-order chi connectivity index (χ0) is 10.4. The van der Waals surface area contributed by atoms with Gasteiger partial charge in [-0.3, -0.25) is 0 Å². The lowest BCUT2D eigenvalue weighted by Crippen LogP contribution is -2.42. The summed E-state index contributed by atoms with van der Waals surface area (Å²) in [6, 6.07) is 0.221. The Labute approximate surface area is 83.0 Å². The van der Waals surface area contributed by atoms with E-state index in [4.69, 9.17) is 4.74 Å². The van der Waals surface area contributed by atoms with Crippen LogP contribution in [-0.4, -0.2) is 31.7 Å². The Morgan fingerprint density at radius 1 is 1.43 bits per heavy atom. The van der Waals surface area contributed by atoms with Gasteiger partial charge in [-0.05, 0) is 0 Å². The van der Waals surface area contributed by atoms with Crippen LogP contribution in [-0.2, 0) is 4.74 Å². The first-order valence-electron chi connectivity index (χ1n) is 5.11. The predicted molar refractivity (Wildman–Crippen MR) is 49.4 cm³/mol. The molecule has 1 aliphatic heterocycles. The van der Waals surface area contributed by atoms with Gasteiger partial charge in [0.05, 0.1) is 13.2 Å². The molecule has 82 valence electrons. The minimum absolute atomic E-state index is 0.0496. The summed E-state index contributed by atoms with van der Waals surface area (Å²) >= 11 is 0.